The van der Waals surface area contributed by atoms with Gasteiger partial charge in [-0.2, -0.15) is 5.10 Å². The molecule has 0 saturated heterocycles. The molecule has 5 heteroatoms. The Labute approximate surface area is 109 Å². The van der Waals surface area contributed by atoms with Crippen molar-refractivity contribution in [3.05, 3.63) is 18.0 Å². The van der Waals surface area contributed by atoms with Crippen LogP contribution in [0.5, 0.6) is 0 Å². The highest BCUT2D eigenvalue weighted by Gasteiger charge is 2.21. The molecule has 0 aliphatic rings. The molecule has 0 radical (unpaired) electrons. The second-order valence-corrected chi connectivity index (χ2v) is 5.31. The molecule has 5 nitrogen and oxygen atoms in total. The number of hydrogen-bond acceptors (Lipinski definition) is 3. The molecule has 1 amide bonds. The number of hydrogen-bond donors (Lipinski definition) is 2. The minimum atomic E-state index is -0.224. The van der Waals surface area contributed by atoms with Crippen LogP contribution in [0, 0.1) is 0 Å². The number of aromatic nitrogens is 2. The number of amides is 1. The van der Waals surface area contributed by atoms with Gasteiger partial charge in [-0.1, -0.05) is 6.92 Å². The lowest BCUT2D eigenvalue weighted by Crippen LogP contribution is -2.50. The van der Waals surface area contributed by atoms with Gasteiger partial charge in [0.05, 0.1) is 11.7 Å². The summed E-state index contributed by atoms with van der Waals surface area (Å²) in [5.74, 6) is 0.0257. The van der Waals surface area contributed by atoms with Gasteiger partial charge >= 0.3 is 0 Å². The summed E-state index contributed by atoms with van der Waals surface area (Å²) >= 11 is 0. The highest BCUT2D eigenvalue weighted by atomic mass is 16.2. The predicted octanol–water partition coefficient (Wildman–Crippen LogP) is 1.20. The van der Waals surface area contributed by atoms with Crippen LogP contribution in [-0.2, 0) is 18.4 Å². The standard InChI is InChI=1S/C13H24N4O/c1-6-13(3,4)15-12(18)10(2)14-9-11-7-8-17(5)16-11/h7-8,10,14H,6,9H2,1-5H3,(H,15,18). The van der Waals surface area contributed by atoms with E-state index in [4.69, 9.17) is 0 Å². The Hall–Kier alpha value is -1.36. The zero-order chi connectivity index (χ0) is 13.8. The quantitative estimate of drug-likeness (QED) is 0.800. The minimum absolute atomic E-state index is 0.0257. The summed E-state index contributed by atoms with van der Waals surface area (Å²) in [5.41, 5.74) is 0.782. The van der Waals surface area contributed by atoms with Crippen molar-refractivity contribution in [2.75, 3.05) is 0 Å². The second-order valence-electron chi connectivity index (χ2n) is 5.31. The third-order valence-electron chi connectivity index (χ3n) is 3.10. The fourth-order valence-electron chi connectivity index (χ4n) is 1.44. The highest BCUT2D eigenvalue weighted by Crippen LogP contribution is 2.07. The molecule has 0 spiro atoms. The maximum absolute atomic E-state index is 11.9. The van der Waals surface area contributed by atoms with Crippen molar-refractivity contribution in [2.45, 2.75) is 52.2 Å². The number of carbonyl (C=O) groups is 1. The molecule has 0 fully saturated rings. The van der Waals surface area contributed by atoms with Crippen molar-refractivity contribution < 1.29 is 4.79 Å². The predicted molar refractivity (Wildman–Crippen MR) is 72.0 cm³/mol. The van der Waals surface area contributed by atoms with Crippen molar-refractivity contribution in [3.63, 3.8) is 0 Å². The van der Waals surface area contributed by atoms with E-state index in [0.29, 0.717) is 6.54 Å². The average molecular weight is 252 g/mol. The summed E-state index contributed by atoms with van der Waals surface area (Å²) in [6.07, 6.45) is 2.80. The Morgan fingerprint density at radius 3 is 2.72 bits per heavy atom. The van der Waals surface area contributed by atoms with Crippen LogP contribution in [0.25, 0.3) is 0 Å². The van der Waals surface area contributed by atoms with Crippen molar-refractivity contribution in [1.29, 1.82) is 0 Å². The number of aryl methyl sites for hydroxylation is 1. The van der Waals surface area contributed by atoms with Gasteiger partial charge in [0.1, 0.15) is 0 Å². The fourth-order valence-corrected chi connectivity index (χ4v) is 1.44. The molecule has 0 aromatic carbocycles. The maximum atomic E-state index is 11.9. The van der Waals surface area contributed by atoms with Gasteiger partial charge < -0.3 is 10.6 Å². The Morgan fingerprint density at radius 2 is 2.22 bits per heavy atom. The van der Waals surface area contributed by atoms with E-state index in [1.807, 2.05) is 40.1 Å². The molecule has 1 aromatic rings. The van der Waals surface area contributed by atoms with Crippen molar-refractivity contribution >= 4 is 5.91 Å². The van der Waals surface area contributed by atoms with Crippen molar-refractivity contribution in [1.82, 2.24) is 20.4 Å². The van der Waals surface area contributed by atoms with Crippen LogP contribution in [0.15, 0.2) is 12.3 Å². The van der Waals surface area contributed by atoms with E-state index in [0.717, 1.165) is 12.1 Å². The smallest absolute Gasteiger partial charge is 0.237 e. The lowest BCUT2D eigenvalue weighted by atomic mass is 10.0. The average Bonchev–Trinajstić information content (AvgIpc) is 2.71. The van der Waals surface area contributed by atoms with E-state index < -0.39 is 0 Å². The lowest BCUT2D eigenvalue weighted by molar-refractivity contribution is -0.124. The van der Waals surface area contributed by atoms with Gasteiger partial charge in [-0.25, -0.2) is 0 Å². The first kappa shape index (κ1) is 14.7. The summed E-state index contributed by atoms with van der Waals surface area (Å²) in [4.78, 5) is 11.9. The zero-order valence-electron chi connectivity index (χ0n) is 11.9. The molecule has 1 heterocycles. The Bertz CT molecular complexity index is 397. The van der Waals surface area contributed by atoms with E-state index in [9.17, 15) is 4.79 Å². The van der Waals surface area contributed by atoms with Crippen LogP contribution < -0.4 is 10.6 Å². The monoisotopic (exact) mass is 252 g/mol. The van der Waals surface area contributed by atoms with Gasteiger partial charge in [0, 0.05) is 25.3 Å². The molecule has 18 heavy (non-hydrogen) atoms. The molecule has 1 atom stereocenters. The summed E-state index contributed by atoms with van der Waals surface area (Å²) in [7, 11) is 1.88. The van der Waals surface area contributed by atoms with Gasteiger partial charge in [-0.3, -0.25) is 9.48 Å². The summed E-state index contributed by atoms with van der Waals surface area (Å²) in [6, 6.07) is 1.71. The van der Waals surface area contributed by atoms with Crippen LogP contribution in [0.3, 0.4) is 0 Å². The van der Waals surface area contributed by atoms with Crippen LogP contribution in [0.4, 0.5) is 0 Å². The number of carbonyl (C=O) groups excluding carboxylic acids is 1. The summed E-state index contributed by atoms with van der Waals surface area (Å²) < 4.78 is 1.75. The Balaban J connectivity index is 2.41. The second kappa shape index (κ2) is 6.00. The third-order valence-corrected chi connectivity index (χ3v) is 3.10. The van der Waals surface area contributed by atoms with E-state index >= 15 is 0 Å². The van der Waals surface area contributed by atoms with Crippen LogP contribution in [0.2, 0.25) is 0 Å². The van der Waals surface area contributed by atoms with Gasteiger partial charge in [0.25, 0.3) is 0 Å². The Kier molecular flexibility index (Phi) is 4.90. The van der Waals surface area contributed by atoms with Crippen LogP contribution >= 0.6 is 0 Å². The minimum Gasteiger partial charge on any atom is -0.350 e. The van der Waals surface area contributed by atoms with E-state index in [1.165, 1.54) is 0 Å². The van der Waals surface area contributed by atoms with E-state index in [-0.39, 0.29) is 17.5 Å². The first-order valence-corrected chi connectivity index (χ1v) is 6.38. The van der Waals surface area contributed by atoms with Crippen LogP contribution in [-0.4, -0.2) is 27.3 Å². The van der Waals surface area contributed by atoms with Crippen LogP contribution in [0.1, 0.15) is 39.8 Å². The fraction of sp³-hybridized carbons (Fsp3) is 0.692. The maximum Gasteiger partial charge on any atom is 0.237 e. The van der Waals surface area contributed by atoms with Gasteiger partial charge in [0.15, 0.2) is 0 Å². The number of rotatable bonds is 6. The summed E-state index contributed by atoms with van der Waals surface area (Å²) in [6.45, 7) is 8.57. The first-order valence-electron chi connectivity index (χ1n) is 6.38. The number of nitrogens with zero attached hydrogens (tertiary/aromatic N) is 2. The van der Waals surface area contributed by atoms with Crippen molar-refractivity contribution in [2.24, 2.45) is 7.05 Å². The topological polar surface area (TPSA) is 59.0 Å². The lowest BCUT2D eigenvalue weighted by Gasteiger charge is -2.26. The van der Waals surface area contributed by atoms with Crippen molar-refractivity contribution in [3.8, 4) is 0 Å². The third kappa shape index (κ3) is 4.49. The Morgan fingerprint density at radius 1 is 1.56 bits per heavy atom. The normalized spacial score (nSPS) is 13.4. The molecule has 1 unspecified atom stereocenters. The van der Waals surface area contributed by atoms with Gasteiger partial charge in [0.2, 0.25) is 5.91 Å². The molecule has 0 aliphatic heterocycles. The van der Waals surface area contributed by atoms with E-state index in [2.05, 4.69) is 22.7 Å². The molecule has 0 saturated carbocycles. The molecule has 0 bridgehead atoms. The molecule has 0 aliphatic carbocycles. The molecule has 1 rings (SSSR count). The number of nitrogens with one attached hydrogen (secondary N) is 2. The SMILES string of the molecule is CCC(C)(C)NC(=O)C(C)NCc1ccn(C)n1. The highest BCUT2D eigenvalue weighted by molar-refractivity contribution is 5.81. The molecule has 102 valence electrons. The molecular formula is C13H24N4O. The first-order chi connectivity index (χ1) is 8.34. The van der Waals surface area contributed by atoms with E-state index in [1.54, 1.807) is 4.68 Å². The largest absolute Gasteiger partial charge is 0.350 e. The zero-order valence-corrected chi connectivity index (χ0v) is 11.9. The van der Waals surface area contributed by atoms with Gasteiger partial charge in [-0.15, -0.1) is 0 Å². The summed E-state index contributed by atoms with van der Waals surface area (Å²) in [5, 5.41) is 10.4. The molecule has 2 N–H and O–H groups in total. The van der Waals surface area contributed by atoms with Gasteiger partial charge in [-0.05, 0) is 33.3 Å². The molecule has 1 aromatic heterocycles. The molecular weight excluding hydrogens is 228 g/mol.